The van der Waals surface area contributed by atoms with Crippen LogP contribution in [-0.4, -0.2) is 24.2 Å². The van der Waals surface area contributed by atoms with Crippen molar-refractivity contribution < 1.29 is 9.53 Å². The zero-order valence-corrected chi connectivity index (χ0v) is 14.6. The fourth-order valence-corrected chi connectivity index (χ4v) is 3.60. The Morgan fingerprint density at radius 3 is 2.67 bits per heavy atom. The number of hydrogen-bond acceptors (Lipinski definition) is 3. The van der Waals surface area contributed by atoms with Crippen molar-refractivity contribution in [2.45, 2.75) is 45.4 Å². The highest BCUT2D eigenvalue weighted by Gasteiger charge is 2.62. The van der Waals surface area contributed by atoms with Crippen LogP contribution in [0.25, 0.3) is 10.8 Å². The van der Waals surface area contributed by atoms with Crippen molar-refractivity contribution in [1.29, 1.82) is 0 Å². The number of hydrogen-bond donors (Lipinski definition) is 2. The van der Waals surface area contributed by atoms with Crippen LogP contribution in [0.3, 0.4) is 0 Å². The van der Waals surface area contributed by atoms with Crippen molar-refractivity contribution in [3.05, 3.63) is 48.0 Å². The Morgan fingerprint density at radius 2 is 1.96 bits per heavy atom. The minimum absolute atomic E-state index is 0.0378. The molecule has 2 unspecified atom stereocenters. The largest absolute Gasteiger partial charge is 0.378 e. The molecule has 2 aromatic rings. The maximum absolute atomic E-state index is 12.7. The van der Waals surface area contributed by atoms with Crippen molar-refractivity contribution in [3.8, 4) is 0 Å². The third kappa shape index (κ3) is 2.60. The zero-order chi connectivity index (χ0) is 17.4. The van der Waals surface area contributed by atoms with Gasteiger partial charge in [0.05, 0.1) is 6.10 Å². The molecule has 4 nitrogen and oxygen atoms in total. The Morgan fingerprint density at radius 1 is 1.25 bits per heavy atom. The standard InChI is InChI=1S/C20H26N2O2/c1-4-24-17-12-20(21,19(17,2)3)18(23)22-13-15-10-7-9-14-8-5-6-11-16(14)15/h5-11,17H,4,12-13,21H2,1-3H3,(H,22,23). The summed E-state index contributed by atoms with van der Waals surface area (Å²) in [4.78, 5) is 12.7. The second-order valence-corrected chi connectivity index (χ2v) is 7.16. The van der Waals surface area contributed by atoms with Crippen LogP contribution >= 0.6 is 0 Å². The molecule has 4 heteroatoms. The molecule has 0 radical (unpaired) electrons. The number of amides is 1. The molecule has 0 saturated heterocycles. The Hall–Kier alpha value is -1.91. The van der Waals surface area contributed by atoms with E-state index < -0.39 is 5.54 Å². The highest BCUT2D eigenvalue weighted by atomic mass is 16.5. The lowest BCUT2D eigenvalue weighted by Crippen LogP contribution is -2.75. The van der Waals surface area contributed by atoms with Gasteiger partial charge in [0.2, 0.25) is 5.91 Å². The molecule has 1 amide bonds. The van der Waals surface area contributed by atoms with Crippen LogP contribution in [0.2, 0.25) is 0 Å². The second kappa shape index (κ2) is 6.19. The fourth-order valence-electron chi connectivity index (χ4n) is 3.60. The molecule has 2 atom stereocenters. The van der Waals surface area contributed by atoms with Crippen LogP contribution in [0.15, 0.2) is 42.5 Å². The lowest BCUT2D eigenvalue weighted by molar-refractivity contribution is -0.170. The number of carbonyl (C=O) groups excluding carboxylic acids is 1. The van der Waals surface area contributed by atoms with E-state index in [4.69, 9.17) is 10.5 Å². The number of rotatable bonds is 5. The molecule has 128 valence electrons. The van der Waals surface area contributed by atoms with E-state index in [2.05, 4.69) is 23.5 Å². The summed E-state index contributed by atoms with van der Waals surface area (Å²) in [7, 11) is 0. The van der Waals surface area contributed by atoms with E-state index >= 15 is 0 Å². The Kier molecular flexibility index (Phi) is 4.37. The summed E-state index contributed by atoms with van der Waals surface area (Å²) in [6, 6.07) is 14.3. The normalized spacial score (nSPS) is 25.2. The van der Waals surface area contributed by atoms with Crippen LogP contribution < -0.4 is 11.1 Å². The topological polar surface area (TPSA) is 64.3 Å². The van der Waals surface area contributed by atoms with E-state index in [-0.39, 0.29) is 17.4 Å². The first kappa shape index (κ1) is 16.9. The van der Waals surface area contributed by atoms with Crippen molar-refractivity contribution in [1.82, 2.24) is 5.32 Å². The van der Waals surface area contributed by atoms with Gasteiger partial charge in [-0.05, 0) is 23.3 Å². The summed E-state index contributed by atoms with van der Waals surface area (Å²) in [6.07, 6.45) is 0.602. The molecule has 3 N–H and O–H groups in total. The molecule has 1 aliphatic carbocycles. The van der Waals surface area contributed by atoms with Crippen LogP contribution in [0.5, 0.6) is 0 Å². The molecule has 0 spiro atoms. The highest BCUT2D eigenvalue weighted by molar-refractivity contribution is 5.90. The number of nitrogens with one attached hydrogen (secondary N) is 1. The smallest absolute Gasteiger partial charge is 0.241 e. The molecular weight excluding hydrogens is 300 g/mol. The Balaban J connectivity index is 1.72. The minimum atomic E-state index is -0.878. The lowest BCUT2D eigenvalue weighted by Gasteiger charge is -2.57. The number of ether oxygens (including phenoxy) is 1. The van der Waals surface area contributed by atoms with E-state index in [0.29, 0.717) is 19.6 Å². The van der Waals surface area contributed by atoms with Crippen molar-refractivity contribution in [2.24, 2.45) is 11.1 Å². The van der Waals surface area contributed by atoms with Crippen molar-refractivity contribution >= 4 is 16.7 Å². The van der Waals surface area contributed by atoms with E-state index in [1.807, 2.05) is 45.0 Å². The van der Waals surface area contributed by atoms with Crippen molar-refractivity contribution in [2.75, 3.05) is 6.61 Å². The highest BCUT2D eigenvalue weighted by Crippen LogP contribution is 2.49. The molecule has 0 bridgehead atoms. The quantitative estimate of drug-likeness (QED) is 0.888. The summed E-state index contributed by atoms with van der Waals surface area (Å²) in [5, 5.41) is 5.36. The van der Waals surface area contributed by atoms with Gasteiger partial charge in [-0.2, -0.15) is 0 Å². The molecule has 2 aromatic carbocycles. The van der Waals surface area contributed by atoms with Gasteiger partial charge < -0.3 is 15.8 Å². The summed E-state index contributed by atoms with van der Waals surface area (Å²) in [6.45, 7) is 7.10. The monoisotopic (exact) mass is 326 g/mol. The van der Waals surface area contributed by atoms with Gasteiger partial charge in [-0.3, -0.25) is 4.79 Å². The average molecular weight is 326 g/mol. The van der Waals surface area contributed by atoms with Gasteiger partial charge in [-0.25, -0.2) is 0 Å². The number of carbonyl (C=O) groups is 1. The number of benzene rings is 2. The maximum Gasteiger partial charge on any atom is 0.241 e. The van der Waals surface area contributed by atoms with Gasteiger partial charge in [-0.15, -0.1) is 0 Å². The first-order chi connectivity index (χ1) is 11.4. The maximum atomic E-state index is 12.7. The third-order valence-corrected chi connectivity index (χ3v) is 5.55. The van der Waals surface area contributed by atoms with Gasteiger partial charge >= 0.3 is 0 Å². The lowest BCUT2D eigenvalue weighted by atomic mass is 9.54. The van der Waals surface area contributed by atoms with Crippen LogP contribution in [0.4, 0.5) is 0 Å². The molecule has 3 rings (SSSR count). The third-order valence-electron chi connectivity index (χ3n) is 5.55. The van der Waals surface area contributed by atoms with Gasteiger partial charge in [0.15, 0.2) is 0 Å². The molecule has 1 fully saturated rings. The van der Waals surface area contributed by atoms with Gasteiger partial charge in [0.25, 0.3) is 0 Å². The first-order valence-corrected chi connectivity index (χ1v) is 8.55. The number of nitrogens with two attached hydrogens (primary N) is 1. The van der Waals surface area contributed by atoms with Crippen LogP contribution in [0.1, 0.15) is 32.8 Å². The molecule has 24 heavy (non-hydrogen) atoms. The predicted octanol–water partition coefficient (Wildman–Crippen LogP) is 2.99. The van der Waals surface area contributed by atoms with Crippen LogP contribution in [-0.2, 0) is 16.1 Å². The van der Waals surface area contributed by atoms with E-state index in [1.165, 1.54) is 5.39 Å². The molecular formula is C20H26N2O2. The van der Waals surface area contributed by atoms with Gasteiger partial charge in [0.1, 0.15) is 5.54 Å². The summed E-state index contributed by atoms with van der Waals surface area (Å²) < 4.78 is 5.70. The summed E-state index contributed by atoms with van der Waals surface area (Å²) >= 11 is 0. The summed E-state index contributed by atoms with van der Waals surface area (Å²) in [5.74, 6) is -0.101. The minimum Gasteiger partial charge on any atom is -0.378 e. The SMILES string of the molecule is CCOC1CC(N)(C(=O)NCc2cccc3ccccc23)C1(C)C. The first-order valence-electron chi connectivity index (χ1n) is 8.55. The van der Waals surface area contributed by atoms with E-state index in [1.54, 1.807) is 0 Å². The van der Waals surface area contributed by atoms with E-state index in [9.17, 15) is 4.79 Å². The Bertz CT molecular complexity index is 751. The molecule has 1 saturated carbocycles. The second-order valence-electron chi connectivity index (χ2n) is 7.16. The fraction of sp³-hybridized carbons (Fsp3) is 0.450. The predicted molar refractivity (Wildman–Crippen MR) is 96.5 cm³/mol. The van der Waals surface area contributed by atoms with E-state index in [0.717, 1.165) is 10.9 Å². The molecule has 1 aliphatic rings. The zero-order valence-electron chi connectivity index (χ0n) is 14.6. The average Bonchev–Trinajstić information content (AvgIpc) is 2.59. The summed E-state index contributed by atoms with van der Waals surface area (Å²) in [5.41, 5.74) is 6.28. The van der Waals surface area contributed by atoms with Crippen molar-refractivity contribution in [3.63, 3.8) is 0 Å². The number of fused-ring (bicyclic) bond motifs is 1. The molecule has 0 aliphatic heterocycles. The van der Waals surface area contributed by atoms with Gasteiger partial charge in [0, 0.05) is 25.0 Å². The molecule has 0 heterocycles. The van der Waals surface area contributed by atoms with Crippen LogP contribution in [0, 0.1) is 5.41 Å². The Labute approximate surface area is 143 Å². The molecule has 0 aromatic heterocycles. The van der Waals surface area contributed by atoms with Gasteiger partial charge in [-0.1, -0.05) is 56.3 Å².